The van der Waals surface area contributed by atoms with Crippen LogP contribution in [0.25, 0.3) is 11.3 Å². The molecule has 0 aliphatic carbocycles. The van der Waals surface area contributed by atoms with E-state index in [1.165, 1.54) is 0 Å². The number of carbonyl (C=O) groups is 2. The van der Waals surface area contributed by atoms with Gasteiger partial charge in [-0.25, -0.2) is 0 Å². The molecular weight excluding hydrogens is 464 g/mol. The Balaban J connectivity index is 1.64. The van der Waals surface area contributed by atoms with Crippen molar-refractivity contribution in [3.8, 4) is 17.0 Å². The van der Waals surface area contributed by atoms with Crippen LogP contribution in [0.4, 0.5) is 0 Å². The van der Waals surface area contributed by atoms with E-state index >= 15 is 0 Å². The van der Waals surface area contributed by atoms with Crippen LogP contribution in [0.15, 0.2) is 48.5 Å². The Morgan fingerprint density at radius 2 is 1.77 bits per heavy atom. The zero-order valence-corrected chi connectivity index (χ0v) is 21.6. The van der Waals surface area contributed by atoms with Crippen molar-refractivity contribution in [2.75, 3.05) is 7.05 Å². The minimum Gasteiger partial charge on any atom is -0.489 e. The highest BCUT2D eigenvalue weighted by atomic mass is 35.5. The monoisotopic (exact) mass is 496 g/mol. The largest absolute Gasteiger partial charge is 0.489 e. The summed E-state index contributed by atoms with van der Waals surface area (Å²) in [6.07, 6.45) is 1.04. The molecule has 0 spiro atoms. The smallest absolute Gasteiger partial charge is 0.251 e. The maximum atomic E-state index is 12.8. The van der Waals surface area contributed by atoms with E-state index in [0.717, 1.165) is 22.5 Å². The first-order valence-electron chi connectivity index (χ1n) is 11.8. The SMILES string of the molecule is CNC(=O)C(CCc1ccc(-c2cc(C(C)C)[nH]n2)cc1)NC(=O)c1ccc(OC(C)C)c(Cl)c1. The quantitative estimate of drug-likeness (QED) is 0.363. The summed E-state index contributed by atoms with van der Waals surface area (Å²) in [6, 6.07) is 14.3. The summed E-state index contributed by atoms with van der Waals surface area (Å²) in [6.45, 7) is 8.04. The van der Waals surface area contributed by atoms with Gasteiger partial charge in [0.15, 0.2) is 0 Å². The highest BCUT2D eigenvalue weighted by molar-refractivity contribution is 6.32. The Hall–Kier alpha value is -3.32. The molecule has 3 N–H and O–H groups in total. The van der Waals surface area contributed by atoms with Crippen LogP contribution in [0.3, 0.4) is 0 Å². The molecule has 0 saturated heterocycles. The van der Waals surface area contributed by atoms with Gasteiger partial charge in [-0.2, -0.15) is 5.10 Å². The van der Waals surface area contributed by atoms with Crippen LogP contribution in [0.1, 0.15) is 61.6 Å². The second kappa shape index (κ2) is 11.9. The fourth-order valence-corrected chi connectivity index (χ4v) is 3.83. The molecule has 1 heterocycles. The maximum Gasteiger partial charge on any atom is 0.251 e. The van der Waals surface area contributed by atoms with Crippen molar-refractivity contribution < 1.29 is 14.3 Å². The van der Waals surface area contributed by atoms with E-state index in [4.69, 9.17) is 16.3 Å². The third-order valence-electron chi connectivity index (χ3n) is 5.62. The molecule has 3 aromatic rings. The Morgan fingerprint density at radius 1 is 1.06 bits per heavy atom. The number of ether oxygens (including phenoxy) is 1. The van der Waals surface area contributed by atoms with Crippen LogP contribution in [-0.4, -0.2) is 41.2 Å². The van der Waals surface area contributed by atoms with Crippen LogP contribution in [0.5, 0.6) is 5.75 Å². The number of benzene rings is 2. The summed E-state index contributed by atoms with van der Waals surface area (Å²) in [4.78, 5) is 25.3. The zero-order chi connectivity index (χ0) is 25.5. The van der Waals surface area contributed by atoms with Crippen LogP contribution in [-0.2, 0) is 11.2 Å². The average molecular weight is 497 g/mol. The minimum absolute atomic E-state index is 0.0318. The first-order valence-corrected chi connectivity index (χ1v) is 12.2. The molecular formula is C27H33ClN4O3. The summed E-state index contributed by atoms with van der Waals surface area (Å²) >= 11 is 6.27. The molecule has 0 radical (unpaired) electrons. The number of aromatic amines is 1. The summed E-state index contributed by atoms with van der Waals surface area (Å²) in [5.74, 6) is 0.277. The number of likely N-dealkylation sites (N-methyl/N-ethyl adjacent to an activating group) is 1. The first-order chi connectivity index (χ1) is 16.7. The summed E-state index contributed by atoms with van der Waals surface area (Å²) in [5.41, 5.74) is 4.45. The lowest BCUT2D eigenvalue weighted by Crippen LogP contribution is -2.46. The Labute approximate surface area is 211 Å². The third-order valence-corrected chi connectivity index (χ3v) is 5.91. The van der Waals surface area contributed by atoms with E-state index in [2.05, 4.69) is 40.7 Å². The van der Waals surface area contributed by atoms with Gasteiger partial charge < -0.3 is 15.4 Å². The predicted octanol–water partition coefficient (Wildman–Crippen LogP) is 5.12. The molecule has 1 unspecified atom stereocenters. The number of nitrogens with one attached hydrogen (secondary N) is 3. The van der Waals surface area contributed by atoms with E-state index in [9.17, 15) is 9.59 Å². The van der Waals surface area contributed by atoms with Crippen LogP contribution >= 0.6 is 11.6 Å². The number of amides is 2. The molecule has 2 amide bonds. The van der Waals surface area contributed by atoms with Crippen molar-refractivity contribution in [3.05, 3.63) is 70.4 Å². The molecule has 1 aromatic heterocycles. The van der Waals surface area contributed by atoms with E-state index < -0.39 is 6.04 Å². The fourth-order valence-electron chi connectivity index (χ4n) is 3.61. The molecule has 0 bridgehead atoms. The van der Waals surface area contributed by atoms with Gasteiger partial charge in [-0.15, -0.1) is 0 Å². The topological polar surface area (TPSA) is 96.1 Å². The molecule has 0 fully saturated rings. The van der Waals surface area contributed by atoms with Gasteiger partial charge in [-0.3, -0.25) is 14.7 Å². The van der Waals surface area contributed by atoms with Crippen LogP contribution < -0.4 is 15.4 Å². The summed E-state index contributed by atoms with van der Waals surface area (Å²) in [5, 5.41) is 13.3. The number of hydrogen-bond donors (Lipinski definition) is 3. The van der Waals surface area contributed by atoms with Gasteiger partial charge in [-0.05, 0) is 62.4 Å². The number of aryl methyl sites for hydroxylation is 1. The number of hydrogen-bond acceptors (Lipinski definition) is 4. The van der Waals surface area contributed by atoms with Crippen molar-refractivity contribution >= 4 is 23.4 Å². The Kier molecular flexibility index (Phi) is 8.93. The molecule has 0 aliphatic rings. The van der Waals surface area contributed by atoms with E-state index in [1.807, 2.05) is 38.1 Å². The van der Waals surface area contributed by atoms with Crippen molar-refractivity contribution in [1.82, 2.24) is 20.8 Å². The predicted molar refractivity (Wildman–Crippen MR) is 139 cm³/mol. The Bertz CT molecular complexity index is 1160. The second-order valence-electron chi connectivity index (χ2n) is 9.05. The number of aromatic nitrogens is 2. The normalized spacial score (nSPS) is 12.0. The van der Waals surface area contributed by atoms with Gasteiger partial charge in [-0.1, -0.05) is 49.7 Å². The molecule has 35 heavy (non-hydrogen) atoms. The van der Waals surface area contributed by atoms with Gasteiger partial charge in [0.1, 0.15) is 11.8 Å². The number of nitrogens with zero attached hydrogens (tertiary/aromatic N) is 1. The van der Waals surface area contributed by atoms with E-state index in [0.29, 0.717) is 35.1 Å². The lowest BCUT2D eigenvalue weighted by molar-refractivity contribution is -0.122. The Morgan fingerprint density at radius 3 is 2.34 bits per heavy atom. The molecule has 3 rings (SSSR count). The van der Waals surface area contributed by atoms with Gasteiger partial charge in [0.2, 0.25) is 5.91 Å². The van der Waals surface area contributed by atoms with Crippen molar-refractivity contribution in [2.24, 2.45) is 0 Å². The highest BCUT2D eigenvalue weighted by Gasteiger charge is 2.21. The second-order valence-corrected chi connectivity index (χ2v) is 9.46. The number of carbonyl (C=O) groups excluding carboxylic acids is 2. The zero-order valence-electron chi connectivity index (χ0n) is 20.8. The van der Waals surface area contributed by atoms with Crippen molar-refractivity contribution in [3.63, 3.8) is 0 Å². The van der Waals surface area contributed by atoms with Gasteiger partial charge >= 0.3 is 0 Å². The molecule has 186 valence electrons. The summed E-state index contributed by atoms with van der Waals surface area (Å²) < 4.78 is 5.62. The van der Waals surface area contributed by atoms with E-state index in [-0.39, 0.29) is 17.9 Å². The maximum absolute atomic E-state index is 12.8. The van der Waals surface area contributed by atoms with Crippen molar-refractivity contribution in [2.45, 2.75) is 58.6 Å². The van der Waals surface area contributed by atoms with Crippen LogP contribution in [0.2, 0.25) is 5.02 Å². The first kappa shape index (κ1) is 26.3. The highest BCUT2D eigenvalue weighted by Crippen LogP contribution is 2.26. The van der Waals surface area contributed by atoms with Crippen LogP contribution in [0, 0.1) is 0 Å². The van der Waals surface area contributed by atoms with Crippen molar-refractivity contribution in [1.29, 1.82) is 0 Å². The molecule has 2 aromatic carbocycles. The minimum atomic E-state index is -0.683. The number of halogens is 1. The molecule has 0 saturated carbocycles. The lowest BCUT2D eigenvalue weighted by Gasteiger charge is -2.18. The number of rotatable bonds is 10. The average Bonchev–Trinajstić information content (AvgIpc) is 3.33. The number of H-pyrrole nitrogens is 1. The van der Waals surface area contributed by atoms with Gasteiger partial charge in [0.05, 0.1) is 16.8 Å². The third kappa shape index (κ3) is 7.09. The molecule has 7 nitrogen and oxygen atoms in total. The van der Waals surface area contributed by atoms with E-state index in [1.54, 1.807) is 25.2 Å². The van der Waals surface area contributed by atoms with Gasteiger partial charge in [0, 0.05) is 23.9 Å². The summed E-state index contributed by atoms with van der Waals surface area (Å²) in [7, 11) is 1.56. The standard InChI is InChI=1S/C27H33ClN4O3/c1-16(2)23-15-24(32-31-23)19-9-6-18(7-10-19)8-12-22(27(34)29-5)30-26(33)20-11-13-25(21(28)14-20)35-17(3)4/h6-7,9-11,13-17,22H,8,12H2,1-5H3,(H,29,34)(H,30,33)(H,31,32). The molecule has 8 heteroatoms. The molecule has 0 aliphatic heterocycles. The molecule has 1 atom stereocenters. The lowest BCUT2D eigenvalue weighted by atomic mass is 10.0. The fraction of sp³-hybridized carbons (Fsp3) is 0.370. The van der Waals surface area contributed by atoms with Gasteiger partial charge in [0.25, 0.3) is 5.91 Å².